The Labute approximate surface area is 78.5 Å². The maximum Gasteiger partial charge on any atom is 0.135 e. The molecule has 67 valence electrons. The van der Waals surface area contributed by atoms with E-state index < -0.39 is 0 Å². The Hall–Kier alpha value is -1.57. The zero-order valence-corrected chi connectivity index (χ0v) is 7.44. The fraction of sp³-hybridized carbons (Fsp3) is 0.182. The third-order valence-electron chi connectivity index (χ3n) is 1.44. The molecule has 13 heavy (non-hydrogen) atoms. The average Bonchev–Trinajstić information content (AvgIpc) is 2.19. The monoisotopic (exact) mass is 174 g/mol. The number of nitrogens with zero attached hydrogens (tertiary/aromatic N) is 1. The predicted octanol–water partition coefficient (Wildman–Crippen LogP) is 2.22. The van der Waals surface area contributed by atoms with E-state index in [0.717, 1.165) is 6.42 Å². The summed E-state index contributed by atoms with van der Waals surface area (Å²) in [7, 11) is 0. The molecule has 0 bridgehead atoms. The lowest BCUT2D eigenvalue weighted by molar-refractivity contribution is 0.176. The average molecular weight is 174 g/mol. The molecule has 0 aliphatic heterocycles. The maximum absolute atomic E-state index is 4.85. The van der Waals surface area contributed by atoms with Crippen LogP contribution >= 0.6 is 0 Å². The number of hydrogen-bond acceptors (Lipinski definition) is 2. The molecule has 0 unspecified atom stereocenters. The maximum atomic E-state index is 4.85. The van der Waals surface area contributed by atoms with Crippen LogP contribution in [0.3, 0.4) is 0 Å². The standard InChI is InChI=1S/C11H12NO/c1-2-10-13-12-9-8-11-6-4-3-5-7-11/h2-4,6-7,9H,1,8,10H2. The van der Waals surface area contributed by atoms with Gasteiger partial charge in [0.15, 0.2) is 0 Å². The summed E-state index contributed by atoms with van der Waals surface area (Å²) in [6, 6.07) is 10.8. The molecule has 1 aromatic rings. The fourth-order valence-corrected chi connectivity index (χ4v) is 0.849. The van der Waals surface area contributed by atoms with Crippen molar-refractivity contribution in [2.45, 2.75) is 6.42 Å². The molecule has 1 rings (SSSR count). The molecule has 2 heteroatoms. The molecule has 1 aromatic carbocycles. The summed E-state index contributed by atoms with van der Waals surface area (Å²) in [5, 5.41) is 3.75. The lowest BCUT2D eigenvalue weighted by atomic mass is 10.2. The van der Waals surface area contributed by atoms with Gasteiger partial charge in [-0.2, -0.15) is 0 Å². The van der Waals surface area contributed by atoms with Gasteiger partial charge in [0.25, 0.3) is 0 Å². The van der Waals surface area contributed by atoms with E-state index >= 15 is 0 Å². The first-order valence-electron chi connectivity index (χ1n) is 4.13. The van der Waals surface area contributed by atoms with E-state index in [9.17, 15) is 0 Å². The van der Waals surface area contributed by atoms with Crippen molar-refractivity contribution < 1.29 is 4.84 Å². The van der Waals surface area contributed by atoms with Gasteiger partial charge >= 0.3 is 0 Å². The first kappa shape index (κ1) is 9.52. The van der Waals surface area contributed by atoms with Crippen LogP contribution in [0.4, 0.5) is 0 Å². The van der Waals surface area contributed by atoms with Gasteiger partial charge in [0.2, 0.25) is 0 Å². The molecule has 1 radical (unpaired) electrons. The summed E-state index contributed by atoms with van der Waals surface area (Å²) in [6.45, 7) is 3.97. The molecule has 0 N–H and O–H groups in total. The lowest BCUT2D eigenvalue weighted by Crippen LogP contribution is -1.87. The van der Waals surface area contributed by atoms with E-state index in [-0.39, 0.29) is 0 Å². The molecule has 0 aromatic heterocycles. The van der Waals surface area contributed by atoms with Crippen LogP contribution in [0.5, 0.6) is 0 Å². The second-order valence-corrected chi connectivity index (χ2v) is 2.49. The Morgan fingerprint density at radius 3 is 3.23 bits per heavy atom. The third-order valence-corrected chi connectivity index (χ3v) is 1.44. The highest BCUT2D eigenvalue weighted by Crippen LogP contribution is 1.96. The third kappa shape index (κ3) is 4.11. The topological polar surface area (TPSA) is 21.6 Å². The Morgan fingerprint density at radius 1 is 1.62 bits per heavy atom. The van der Waals surface area contributed by atoms with Crippen LogP contribution in [-0.2, 0) is 11.3 Å². The van der Waals surface area contributed by atoms with Crippen molar-refractivity contribution in [3.63, 3.8) is 0 Å². The summed E-state index contributed by atoms with van der Waals surface area (Å²) in [5.41, 5.74) is 1.17. The molecule has 0 spiro atoms. The molecule has 0 aliphatic rings. The zero-order valence-electron chi connectivity index (χ0n) is 7.44. The molecule has 0 saturated carbocycles. The van der Waals surface area contributed by atoms with Crippen molar-refractivity contribution >= 4 is 6.21 Å². The molecular formula is C11H12NO. The van der Waals surface area contributed by atoms with Crippen LogP contribution < -0.4 is 0 Å². The van der Waals surface area contributed by atoms with Gasteiger partial charge in [0.05, 0.1) is 0 Å². The smallest absolute Gasteiger partial charge is 0.135 e. The fourth-order valence-electron chi connectivity index (χ4n) is 0.849. The molecule has 0 saturated heterocycles. The van der Waals surface area contributed by atoms with Crippen molar-refractivity contribution in [1.29, 1.82) is 0 Å². The quantitative estimate of drug-likeness (QED) is 0.290. The number of hydrogen-bond donors (Lipinski definition) is 0. The van der Waals surface area contributed by atoms with Gasteiger partial charge < -0.3 is 4.84 Å². The Balaban J connectivity index is 2.26. The molecule has 0 amide bonds. The first-order chi connectivity index (χ1) is 6.43. The second-order valence-electron chi connectivity index (χ2n) is 2.49. The van der Waals surface area contributed by atoms with E-state index in [1.807, 2.05) is 24.3 Å². The highest BCUT2D eigenvalue weighted by atomic mass is 16.6. The summed E-state index contributed by atoms with van der Waals surface area (Å²) < 4.78 is 0. The largest absolute Gasteiger partial charge is 0.392 e. The van der Waals surface area contributed by atoms with Crippen molar-refractivity contribution in [2.75, 3.05) is 6.61 Å². The minimum absolute atomic E-state index is 0.456. The van der Waals surface area contributed by atoms with Gasteiger partial charge in [-0.05, 0) is 11.6 Å². The predicted molar refractivity (Wildman–Crippen MR) is 53.6 cm³/mol. The van der Waals surface area contributed by atoms with Gasteiger partial charge in [0.1, 0.15) is 6.61 Å². The summed E-state index contributed by atoms with van der Waals surface area (Å²) in [4.78, 5) is 4.85. The van der Waals surface area contributed by atoms with E-state index in [1.54, 1.807) is 12.3 Å². The van der Waals surface area contributed by atoms with Crippen LogP contribution in [0.25, 0.3) is 0 Å². The van der Waals surface area contributed by atoms with Crippen LogP contribution in [0, 0.1) is 6.07 Å². The molecule has 0 atom stereocenters. The van der Waals surface area contributed by atoms with E-state index in [4.69, 9.17) is 4.84 Å². The van der Waals surface area contributed by atoms with Crippen molar-refractivity contribution in [2.24, 2.45) is 5.16 Å². The Bertz CT molecular complexity index is 267. The molecule has 2 nitrogen and oxygen atoms in total. The van der Waals surface area contributed by atoms with E-state index in [0.29, 0.717) is 6.61 Å². The van der Waals surface area contributed by atoms with Crippen molar-refractivity contribution in [1.82, 2.24) is 0 Å². The summed E-state index contributed by atoms with van der Waals surface area (Å²) >= 11 is 0. The van der Waals surface area contributed by atoms with Crippen LogP contribution in [0.1, 0.15) is 5.56 Å². The minimum atomic E-state index is 0.456. The second kappa shape index (κ2) is 6.00. The highest BCUT2D eigenvalue weighted by molar-refractivity contribution is 5.60. The first-order valence-corrected chi connectivity index (χ1v) is 4.13. The normalized spacial score (nSPS) is 10.2. The van der Waals surface area contributed by atoms with Gasteiger partial charge in [-0.15, -0.1) is 0 Å². The minimum Gasteiger partial charge on any atom is -0.392 e. The molecule has 0 heterocycles. The Kier molecular flexibility index (Phi) is 4.39. The SMILES string of the molecule is C=CCON=CCc1c[c]ccc1. The molecule has 0 fully saturated rings. The summed E-state index contributed by atoms with van der Waals surface area (Å²) in [6.07, 6.45) is 4.16. The number of benzene rings is 1. The van der Waals surface area contributed by atoms with Crippen LogP contribution in [0.15, 0.2) is 42.1 Å². The van der Waals surface area contributed by atoms with E-state index in [2.05, 4.69) is 17.8 Å². The number of oxime groups is 1. The summed E-state index contributed by atoms with van der Waals surface area (Å²) in [5.74, 6) is 0. The van der Waals surface area contributed by atoms with Gasteiger partial charge in [0, 0.05) is 12.6 Å². The lowest BCUT2D eigenvalue weighted by Gasteiger charge is -1.93. The zero-order chi connectivity index (χ0) is 9.36. The molecule has 0 aliphatic carbocycles. The van der Waals surface area contributed by atoms with Crippen molar-refractivity contribution in [3.8, 4) is 0 Å². The Morgan fingerprint density at radius 2 is 2.54 bits per heavy atom. The van der Waals surface area contributed by atoms with Crippen LogP contribution in [-0.4, -0.2) is 12.8 Å². The highest BCUT2D eigenvalue weighted by Gasteiger charge is 1.86. The van der Waals surface area contributed by atoms with Crippen molar-refractivity contribution in [3.05, 3.63) is 48.6 Å². The van der Waals surface area contributed by atoms with Crippen LogP contribution in [0.2, 0.25) is 0 Å². The van der Waals surface area contributed by atoms with Gasteiger partial charge in [-0.1, -0.05) is 42.1 Å². The molecular weight excluding hydrogens is 162 g/mol. The van der Waals surface area contributed by atoms with E-state index in [1.165, 1.54) is 5.56 Å². The van der Waals surface area contributed by atoms with Gasteiger partial charge in [-0.25, -0.2) is 0 Å². The van der Waals surface area contributed by atoms with Gasteiger partial charge in [-0.3, -0.25) is 0 Å². The number of rotatable bonds is 5.